The minimum Gasteiger partial charge on any atom is -0.317 e. The second-order valence-corrected chi connectivity index (χ2v) is 4.53. The van der Waals surface area contributed by atoms with Crippen molar-refractivity contribution in [3.05, 3.63) is 12.2 Å². The third-order valence-corrected chi connectivity index (χ3v) is 3.24. The number of nitrogens with one attached hydrogen (secondary N) is 1. The Labute approximate surface area is 105 Å². The van der Waals surface area contributed by atoms with Crippen LogP contribution < -0.4 is 5.32 Å². The molecule has 4 nitrogen and oxygen atoms in total. The summed E-state index contributed by atoms with van der Waals surface area (Å²) < 4.78 is 1.98. The van der Waals surface area contributed by atoms with Crippen molar-refractivity contribution in [1.29, 1.82) is 0 Å². The standard InChI is InChI=1S/C13H26N4/c1-4-6-7-8-9-12(14-3)10-13-15-11-16-17(13)5-2/h11-12,14H,4-10H2,1-3H3. The maximum atomic E-state index is 4.33. The van der Waals surface area contributed by atoms with Gasteiger partial charge in [0.25, 0.3) is 0 Å². The lowest BCUT2D eigenvalue weighted by molar-refractivity contribution is 0.463. The van der Waals surface area contributed by atoms with Crippen molar-refractivity contribution in [3.63, 3.8) is 0 Å². The van der Waals surface area contributed by atoms with Crippen molar-refractivity contribution in [2.75, 3.05) is 7.05 Å². The van der Waals surface area contributed by atoms with Gasteiger partial charge in [0.15, 0.2) is 0 Å². The third-order valence-electron chi connectivity index (χ3n) is 3.24. The Balaban J connectivity index is 2.35. The average Bonchev–Trinajstić information content (AvgIpc) is 2.80. The van der Waals surface area contributed by atoms with Crippen LogP contribution in [-0.2, 0) is 13.0 Å². The van der Waals surface area contributed by atoms with Gasteiger partial charge in [-0.3, -0.25) is 4.68 Å². The minimum atomic E-state index is 0.529. The normalized spacial score (nSPS) is 12.9. The fraction of sp³-hybridized carbons (Fsp3) is 0.846. The van der Waals surface area contributed by atoms with E-state index in [0.29, 0.717) is 6.04 Å². The van der Waals surface area contributed by atoms with E-state index in [1.807, 2.05) is 11.7 Å². The summed E-state index contributed by atoms with van der Waals surface area (Å²) in [5, 5.41) is 7.60. The monoisotopic (exact) mass is 238 g/mol. The van der Waals surface area contributed by atoms with E-state index in [1.165, 1.54) is 32.1 Å². The Kier molecular flexibility index (Phi) is 6.86. The first-order valence-electron chi connectivity index (χ1n) is 6.85. The molecule has 1 atom stereocenters. The third kappa shape index (κ3) is 4.86. The highest BCUT2D eigenvalue weighted by Gasteiger charge is 2.11. The van der Waals surface area contributed by atoms with Crippen molar-refractivity contribution in [2.24, 2.45) is 0 Å². The first-order chi connectivity index (χ1) is 8.31. The maximum Gasteiger partial charge on any atom is 0.138 e. The van der Waals surface area contributed by atoms with Crippen molar-refractivity contribution in [1.82, 2.24) is 20.1 Å². The Bertz CT molecular complexity index is 295. The van der Waals surface area contributed by atoms with Gasteiger partial charge in [0.2, 0.25) is 0 Å². The van der Waals surface area contributed by atoms with Crippen molar-refractivity contribution in [3.8, 4) is 0 Å². The smallest absolute Gasteiger partial charge is 0.138 e. The van der Waals surface area contributed by atoms with E-state index in [2.05, 4.69) is 29.2 Å². The number of unbranched alkanes of at least 4 members (excludes halogenated alkanes) is 3. The summed E-state index contributed by atoms with van der Waals surface area (Å²) in [5.74, 6) is 1.10. The molecule has 1 heterocycles. The summed E-state index contributed by atoms with van der Waals surface area (Å²) in [6.07, 6.45) is 9.16. The number of likely N-dealkylation sites (N-methyl/N-ethyl adjacent to an activating group) is 1. The van der Waals surface area contributed by atoms with Gasteiger partial charge in [-0.2, -0.15) is 5.10 Å². The second-order valence-electron chi connectivity index (χ2n) is 4.53. The molecule has 0 amide bonds. The van der Waals surface area contributed by atoms with E-state index in [4.69, 9.17) is 0 Å². The van der Waals surface area contributed by atoms with Crippen molar-refractivity contribution < 1.29 is 0 Å². The first kappa shape index (κ1) is 14.2. The minimum absolute atomic E-state index is 0.529. The van der Waals surface area contributed by atoms with E-state index >= 15 is 0 Å². The molecular weight excluding hydrogens is 212 g/mol. The molecule has 1 aromatic heterocycles. The summed E-state index contributed by atoms with van der Waals surface area (Å²) in [6, 6.07) is 0.529. The molecule has 4 heteroatoms. The van der Waals surface area contributed by atoms with Gasteiger partial charge in [0.05, 0.1) is 0 Å². The highest BCUT2D eigenvalue weighted by molar-refractivity contribution is 4.89. The Morgan fingerprint density at radius 1 is 1.29 bits per heavy atom. The summed E-state index contributed by atoms with van der Waals surface area (Å²) in [4.78, 5) is 4.33. The van der Waals surface area contributed by atoms with E-state index in [1.54, 1.807) is 6.33 Å². The molecular formula is C13H26N4. The molecule has 17 heavy (non-hydrogen) atoms. The SMILES string of the molecule is CCCCCCC(Cc1ncnn1CC)NC. The molecule has 0 aliphatic carbocycles. The van der Waals surface area contributed by atoms with E-state index < -0.39 is 0 Å². The van der Waals surface area contributed by atoms with Crippen LogP contribution in [0.3, 0.4) is 0 Å². The summed E-state index contributed by atoms with van der Waals surface area (Å²) >= 11 is 0. The van der Waals surface area contributed by atoms with Crippen LogP contribution in [0.4, 0.5) is 0 Å². The maximum absolute atomic E-state index is 4.33. The second kappa shape index (κ2) is 8.23. The van der Waals surface area contributed by atoms with Gasteiger partial charge in [-0.05, 0) is 20.4 Å². The predicted molar refractivity (Wildman–Crippen MR) is 71.0 cm³/mol. The fourth-order valence-electron chi connectivity index (χ4n) is 2.10. The number of hydrogen-bond donors (Lipinski definition) is 1. The number of rotatable bonds is 9. The summed E-state index contributed by atoms with van der Waals surface area (Å²) in [5.41, 5.74) is 0. The van der Waals surface area contributed by atoms with Gasteiger partial charge in [0, 0.05) is 19.0 Å². The van der Waals surface area contributed by atoms with Gasteiger partial charge < -0.3 is 5.32 Å². The zero-order valence-corrected chi connectivity index (χ0v) is 11.4. The lowest BCUT2D eigenvalue weighted by Crippen LogP contribution is -2.29. The van der Waals surface area contributed by atoms with Crippen LogP contribution in [0.1, 0.15) is 51.8 Å². The molecule has 0 radical (unpaired) electrons. The number of aryl methyl sites for hydroxylation is 1. The summed E-state index contributed by atoms with van der Waals surface area (Å²) in [7, 11) is 2.04. The molecule has 1 N–H and O–H groups in total. The number of nitrogens with zero attached hydrogens (tertiary/aromatic N) is 3. The van der Waals surface area contributed by atoms with Crippen LogP contribution in [0.25, 0.3) is 0 Å². The van der Waals surface area contributed by atoms with E-state index in [-0.39, 0.29) is 0 Å². The number of aromatic nitrogens is 3. The highest BCUT2D eigenvalue weighted by Crippen LogP contribution is 2.09. The van der Waals surface area contributed by atoms with Crippen LogP contribution in [0.2, 0.25) is 0 Å². The highest BCUT2D eigenvalue weighted by atomic mass is 15.3. The van der Waals surface area contributed by atoms with Crippen molar-refractivity contribution >= 4 is 0 Å². The zero-order chi connectivity index (χ0) is 12.5. The average molecular weight is 238 g/mol. The van der Waals surface area contributed by atoms with Crippen LogP contribution in [-0.4, -0.2) is 27.9 Å². The molecule has 0 fully saturated rings. The number of hydrogen-bond acceptors (Lipinski definition) is 3. The largest absolute Gasteiger partial charge is 0.317 e. The van der Waals surface area contributed by atoms with Gasteiger partial charge >= 0.3 is 0 Å². The Hall–Kier alpha value is -0.900. The lowest BCUT2D eigenvalue weighted by atomic mass is 10.0. The predicted octanol–water partition coefficient (Wildman–Crippen LogP) is 2.40. The van der Waals surface area contributed by atoms with Gasteiger partial charge in [-0.1, -0.05) is 32.6 Å². The lowest BCUT2D eigenvalue weighted by Gasteiger charge is -2.15. The fourth-order valence-corrected chi connectivity index (χ4v) is 2.10. The van der Waals surface area contributed by atoms with Gasteiger partial charge in [-0.15, -0.1) is 0 Å². The first-order valence-corrected chi connectivity index (χ1v) is 6.85. The molecule has 0 aromatic carbocycles. The van der Waals surface area contributed by atoms with Crippen LogP contribution >= 0.6 is 0 Å². The quantitative estimate of drug-likeness (QED) is 0.672. The Morgan fingerprint density at radius 2 is 2.12 bits per heavy atom. The van der Waals surface area contributed by atoms with Crippen LogP contribution in [0.5, 0.6) is 0 Å². The Morgan fingerprint density at radius 3 is 2.76 bits per heavy atom. The van der Waals surface area contributed by atoms with Crippen LogP contribution in [0, 0.1) is 0 Å². The molecule has 0 saturated carbocycles. The molecule has 1 unspecified atom stereocenters. The zero-order valence-electron chi connectivity index (χ0n) is 11.4. The van der Waals surface area contributed by atoms with Gasteiger partial charge in [0.1, 0.15) is 12.2 Å². The molecule has 1 aromatic rings. The molecule has 98 valence electrons. The molecule has 0 bridgehead atoms. The van der Waals surface area contributed by atoms with Gasteiger partial charge in [-0.25, -0.2) is 4.98 Å². The molecule has 0 spiro atoms. The topological polar surface area (TPSA) is 42.7 Å². The van der Waals surface area contributed by atoms with Crippen LogP contribution in [0.15, 0.2) is 6.33 Å². The molecule has 0 saturated heterocycles. The molecule has 0 aliphatic rings. The molecule has 1 rings (SSSR count). The summed E-state index contributed by atoms with van der Waals surface area (Å²) in [6.45, 7) is 5.26. The van der Waals surface area contributed by atoms with Crippen molar-refractivity contribution in [2.45, 2.75) is 65.0 Å². The molecule has 0 aliphatic heterocycles. The van der Waals surface area contributed by atoms with E-state index in [0.717, 1.165) is 18.8 Å². The van der Waals surface area contributed by atoms with E-state index in [9.17, 15) is 0 Å².